The summed E-state index contributed by atoms with van der Waals surface area (Å²) < 4.78 is 0. The van der Waals surface area contributed by atoms with Crippen LogP contribution >= 0.6 is 0 Å². The van der Waals surface area contributed by atoms with Crippen molar-refractivity contribution >= 4 is 17.5 Å². The summed E-state index contributed by atoms with van der Waals surface area (Å²) in [5, 5.41) is 0. The van der Waals surface area contributed by atoms with Crippen molar-refractivity contribution in [1.82, 2.24) is 4.90 Å². The maximum absolute atomic E-state index is 12.1. The molecule has 0 radical (unpaired) electrons. The van der Waals surface area contributed by atoms with Crippen molar-refractivity contribution in [3.63, 3.8) is 0 Å². The predicted octanol–water partition coefficient (Wildman–Crippen LogP) is 3.22. The molecule has 0 spiro atoms. The van der Waals surface area contributed by atoms with Crippen LogP contribution in [0.4, 0.5) is 5.69 Å². The molecule has 1 aromatic rings. The Morgan fingerprint density at radius 3 is 2.32 bits per heavy atom. The molecule has 0 aromatic heterocycles. The van der Waals surface area contributed by atoms with Crippen LogP contribution in [-0.4, -0.2) is 36.9 Å². The van der Waals surface area contributed by atoms with Crippen LogP contribution < -0.4 is 4.90 Å². The Kier molecular flexibility index (Phi) is 6.44. The molecule has 0 unspecified atom stereocenters. The molecule has 1 aromatic carbocycles. The van der Waals surface area contributed by atoms with E-state index in [2.05, 4.69) is 0 Å². The number of anilines is 1. The van der Waals surface area contributed by atoms with Crippen LogP contribution in [0.1, 0.15) is 44.9 Å². The van der Waals surface area contributed by atoms with Crippen LogP contribution in [0.25, 0.3) is 0 Å². The van der Waals surface area contributed by atoms with Gasteiger partial charge in [-0.2, -0.15) is 0 Å². The van der Waals surface area contributed by atoms with E-state index >= 15 is 0 Å². The summed E-state index contributed by atoms with van der Waals surface area (Å²) in [5.41, 5.74) is 0.914. The number of likely N-dealkylation sites (tertiary alicyclic amines) is 1. The average molecular weight is 302 g/mol. The molecule has 22 heavy (non-hydrogen) atoms. The van der Waals surface area contributed by atoms with Crippen LogP contribution in [0.5, 0.6) is 0 Å². The van der Waals surface area contributed by atoms with E-state index in [0.717, 1.165) is 44.5 Å². The molecule has 1 fully saturated rings. The number of piperidine rings is 1. The third kappa shape index (κ3) is 4.86. The fourth-order valence-corrected chi connectivity index (χ4v) is 2.82. The number of benzene rings is 1. The first-order valence-corrected chi connectivity index (χ1v) is 8.28. The number of nitrogens with zero attached hydrogens (tertiary/aromatic N) is 2. The number of hydrogen-bond acceptors (Lipinski definition) is 2. The van der Waals surface area contributed by atoms with Gasteiger partial charge in [0.2, 0.25) is 11.8 Å². The SMILES string of the molecule is CN(C(=O)CCCCC(=O)N1CCCCC1)c1ccccc1. The summed E-state index contributed by atoms with van der Waals surface area (Å²) in [6.45, 7) is 1.82. The van der Waals surface area contributed by atoms with Gasteiger partial charge in [-0.05, 0) is 44.2 Å². The third-order valence-corrected chi connectivity index (χ3v) is 4.26. The van der Waals surface area contributed by atoms with Crippen molar-refractivity contribution in [1.29, 1.82) is 0 Å². The quantitative estimate of drug-likeness (QED) is 0.757. The van der Waals surface area contributed by atoms with Crippen LogP contribution in [-0.2, 0) is 9.59 Å². The molecule has 2 amide bonds. The number of rotatable bonds is 6. The van der Waals surface area contributed by atoms with Gasteiger partial charge in [-0.1, -0.05) is 18.2 Å². The summed E-state index contributed by atoms with van der Waals surface area (Å²) in [4.78, 5) is 27.8. The minimum Gasteiger partial charge on any atom is -0.343 e. The second-order valence-corrected chi connectivity index (χ2v) is 5.94. The highest BCUT2D eigenvalue weighted by atomic mass is 16.2. The zero-order chi connectivity index (χ0) is 15.8. The molecule has 1 aliphatic rings. The molecule has 4 nitrogen and oxygen atoms in total. The lowest BCUT2D eigenvalue weighted by Gasteiger charge is -2.26. The van der Waals surface area contributed by atoms with E-state index in [1.54, 1.807) is 11.9 Å². The van der Waals surface area contributed by atoms with Gasteiger partial charge in [0.1, 0.15) is 0 Å². The summed E-state index contributed by atoms with van der Waals surface area (Å²) in [7, 11) is 1.80. The molecule has 0 N–H and O–H groups in total. The highest BCUT2D eigenvalue weighted by Gasteiger charge is 2.16. The normalized spacial score (nSPS) is 14.7. The van der Waals surface area contributed by atoms with Gasteiger partial charge in [0, 0.05) is 38.7 Å². The van der Waals surface area contributed by atoms with Gasteiger partial charge >= 0.3 is 0 Å². The highest BCUT2D eigenvalue weighted by molar-refractivity contribution is 5.92. The maximum atomic E-state index is 12.1. The van der Waals surface area contributed by atoms with Crippen molar-refractivity contribution in [2.75, 3.05) is 25.0 Å². The minimum atomic E-state index is 0.108. The van der Waals surface area contributed by atoms with E-state index in [1.165, 1.54) is 6.42 Å². The Balaban J connectivity index is 1.65. The molecule has 0 atom stereocenters. The molecule has 1 aliphatic heterocycles. The minimum absolute atomic E-state index is 0.108. The third-order valence-electron chi connectivity index (χ3n) is 4.26. The van der Waals surface area contributed by atoms with E-state index in [4.69, 9.17) is 0 Å². The first kappa shape index (κ1) is 16.5. The molecule has 1 heterocycles. The number of carbonyl (C=O) groups excluding carboxylic acids is 2. The lowest BCUT2D eigenvalue weighted by molar-refractivity contribution is -0.132. The van der Waals surface area contributed by atoms with Crippen molar-refractivity contribution in [2.45, 2.75) is 44.9 Å². The lowest BCUT2D eigenvalue weighted by atomic mass is 10.1. The summed E-state index contributed by atoms with van der Waals surface area (Å²) in [5.74, 6) is 0.361. The summed E-state index contributed by atoms with van der Waals surface area (Å²) in [6.07, 6.45) is 6.14. The van der Waals surface area contributed by atoms with Crippen molar-refractivity contribution in [3.05, 3.63) is 30.3 Å². The fourth-order valence-electron chi connectivity index (χ4n) is 2.82. The van der Waals surface area contributed by atoms with E-state index in [9.17, 15) is 9.59 Å². The van der Waals surface area contributed by atoms with Crippen molar-refractivity contribution in [3.8, 4) is 0 Å². The van der Waals surface area contributed by atoms with Crippen LogP contribution in [0.3, 0.4) is 0 Å². The van der Waals surface area contributed by atoms with Crippen LogP contribution in [0, 0.1) is 0 Å². The van der Waals surface area contributed by atoms with Gasteiger partial charge < -0.3 is 9.80 Å². The highest BCUT2D eigenvalue weighted by Crippen LogP contribution is 2.15. The zero-order valence-corrected chi connectivity index (χ0v) is 13.5. The number of hydrogen-bond donors (Lipinski definition) is 0. The average Bonchev–Trinajstić information content (AvgIpc) is 2.59. The van der Waals surface area contributed by atoms with Gasteiger partial charge in [-0.15, -0.1) is 0 Å². The predicted molar refractivity (Wildman–Crippen MR) is 88.8 cm³/mol. The van der Waals surface area contributed by atoms with Crippen molar-refractivity contribution < 1.29 is 9.59 Å². The number of unbranched alkanes of at least 4 members (excludes halogenated alkanes) is 1. The maximum Gasteiger partial charge on any atom is 0.226 e. The largest absolute Gasteiger partial charge is 0.343 e. The first-order valence-electron chi connectivity index (χ1n) is 8.28. The lowest BCUT2D eigenvalue weighted by Crippen LogP contribution is -2.35. The first-order chi connectivity index (χ1) is 10.7. The number of amides is 2. The number of carbonyl (C=O) groups is 2. The molecule has 120 valence electrons. The second-order valence-electron chi connectivity index (χ2n) is 5.94. The monoisotopic (exact) mass is 302 g/mol. The van der Waals surface area contributed by atoms with Gasteiger partial charge in [0.15, 0.2) is 0 Å². The Morgan fingerprint density at radius 1 is 1.00 bits per heavy atom. The fraction of sp³-hybridized carbons (Fsp3) is 0.556. The van der Waals surface area contributed by atoms with E-state index in [-0.39, 0.29) is 11.8 Å². The van der Waals surface area contributed by atoms with Crippen LogP contribution in [0.15, 0.2) is 30.3 Å². The van der Waals surface area contributed by atoms with Gasteiger partial charge in [0.05, 0.1) is 0 Å². The smallest absolute Gasteiger partial charge is 0.226 e. The molecule has 0 aliphatic carbocycles. The summed E-state index contributed by atoms with van der Waals surface area (Å²) in [6, 6.07) is 9.65. The Morgan fingerprint density at radius 2 is 1.64 bits per heavy atom. The summed E-state index contributed by atoms with van der Waals surface area (Å²) >= 11 is 0. The van der Waals surface area contributed by atoms with Gasteiger partial charge in [0.25, 0.3) is 0 Å². The molecule has 4 heteroatoms. The molecule has 0 bridgehead atoms. The molecule has 2 rings (SSSR count). The number of para-hydroxylation sites is 1. The molecule has 1 saturated heterocycles. The Hall–Kier alpha value is -1.84. The van der Waals surface area contributed by atoms with Crippen LogP contribution in [0.2, 0.25) is 0 Å². The van der Waals surface area contributed by atoms with E-state index in [1.807, 2.05) is 35.2 Å². The Bertz CT molecular complexity index is 481. The molecule has 0 saturated carbocycles. The standard InChI is InChI=1S/C18H26N2O2/c1-19(16-10-4-2-5-11-16)17(21)12-6-7-13-18(22)20-14-8-3-9-15-20/h2,4-5,10-11H,3,6-9,12-15H2,1H3. The second kappa shape index (κ2) is 8.57. The zero-order valence-electron chi connectivity index (χ0n) is 13.5. The molecular formula is C18H26N2O2. The van der Waals surface area contributed by atoms with Gasteiger partial charge in [-0.25, -0.2) is 0 Å². The van der Waals surface area contributed by atoms with E-state index < -0.39 is 0 Å². The van der Waals surface area contributed by atoms with E-state index in [0.29, 0.717) is 12.8 Å². The molecular weight excluding hydrogens is 276 g/mol. The topological polar surface area (TPSA) is 40.6 Å². The Labute approximate surface area is 133 Å². The van der Waals surface area contributed by atoms with Crippen molar-refractivity contribution in [2.24, 2.45) is 0 Å². The van der Waals surface area contributed by atoms with Gasteiger partial charge in [-0.3, -0.25) is 9.59 Å².